The van der Waals surface area contributed by atoms with Crippen molar-refractivity contribution < 1.29 is 4.39 Å². The van der Waals surface area contributed by atoms with E-state index in [9.17, 15) is 4.39 Å². The maximum atomic E-state index is 13.3. The Morgan fingerprint density at radius 1 is 0.800 bits per heavy atom. The third kappa shape index (κ3) is 3.37. The van der Waals surface area contributed by atoms with Gasteiger partial charge in [-0.3, -0.25) is 0 Å². The first-order valence-corrected chi connectivity index (χ1v) is 11.5. The lowest BCUT2D eigenvalue weighted by Gasteiger charge is -2.16. The second-order valence-corrected chi connectivity index (χ2v) is 8.67. The number of nitrogens with zero attached hydrogens (tertiary/aromatic N) is 4. The number of aromatic nitrogens is 4. The van der Waals surface area contributed by atoms with Crippen LogP contribution in [-0.4, -0.2) is 19.1 Å². The quantitative estimate of drug-likeness (QED) is 0.329. The van der Waals surface area contributed by atoms with Crippen molar-refractivity contribution in [1.29, 1.82) is 0 Å². The van der Waals surface area contributed by atoms with E-state index in [0.29, 0.717) is 11.8 Å². The van der Waals surface area contributed by atoms with Gasteiger partial charge < -0.3 is 9.13 Å². The van der Waals surface area contributed by atoms with E-state index in [1.165, 1.54) is 17.1 Å². The van der Waals surface area contributed by atoms with E-state index >= 15 is 0 Å². The molecule has 0 atom stereocenters. The SMILES string of the molecule is ClCc1nc2cc(Cl)cc3c2n1CCC3.Fc1cc2c3c(c1)nc(CCl)n3CCC2. The van der Waals surface area contributed by atoms with Gasteiger partial charge in [0.1, 0.15) is 17.5 Å². The molecule has 0 aliphatic carbocycles. The third-order valence-electron chi connectivity index (χ3n) is 5.82. The van der Waals surface area contributed by atoms with Gasteiger partial charge in [-0.2, -0.15) is 0 Å². The Labute approximate surface area is 188 Å². The monoisotopic (exact) mass is 464 g/mol. The summed E-state index contributed by atoms with van der Waals surface area (Å²) >= 11 is 17.8. The molecule has 4 aromatic rings. The lowest BCUT2D eigenvalue weighted by molar-refractivity contribution is 0.602. The maximum absolute atomic E-state index is 13.3. The van der Waals surface area contributed by atoms with Gasteiger partial charge in [0.15, 0.2) is 0 Å². The van der Waals surface area contributed by atoms with Crippen molar-refractivity contribution in [2.45, 2.75) is 50.5 Å². The minimum atomic E-state index is -0.204. The van der Waals surface area contributed by atoms with Gasteiger partial charge in [-0.05, 0) is 55.0 Å². The Kier molecular flexibility index (Phi) is 5.38. The van der Waals surface area contributed by atoms with E-state index in [0.717, 1.165) is 77.6 Å². The van der Waals surface area contributed by atoms with Crippen LogP contribution in [0.5, 0.6) is 0 Å². The Bertz CT molecular complexity index is 1160. The van der Waals surface area contributed by atoms with E-state index in [4.69, 9.17) is 34.8 Å². The molecule has 2 aromatic carbocycles. The van der Waals surface area contributed by atoms with E-state index in [1.807, 2.05) is 12.1 Å². The largest absolute Gasteiger partial charge is 0.327 e. The average molecular weight is 466 g/mol. The lowest BCUT2D eigenvalue weighted by Crippen LogP contribution is -2.10. The van der Waals surface area contributed by atoms with Gasteiger partial charge in [-0.1, -0.05) is 11.6 Å². The van der Waals surface area contributed by atoms with Crippen LogP contribution in [0.15, 0.2) is 24.3 Å². The second kappa shape index (κ2) is 8.03. The summed E-state index contributed by atoms with van der Waals surface area (Å²) < 4.78 is 17.6. The van der Waals surface area contributed by atoms with Crippen LogP contribution in [-0.2, 0) is 37.7 Å². The molecule has 6 rings (SSSR count). The molecule has 0 bridgehead atoms. The van der Waals surface area contributed by atoms with Gasteiger partial charge in [0.05, 0.1) is 33.8 Å². The zero-order valence-corrected chi connectivity index (χ0v) is 18.5. The average Bonchev–Trinajstić information content (AvgIpc) is 3.28. The van der Waals surface area contributed by atoms with Gasteiger partial charge >= 0.3 is 0 Å². The molecule has 8 heteroatoms. The summed E-state index contributed by atoms with van der Waals surface area (Å²) in [6.07, 6.45) is 4.20. The number of halogens is 4. The number of rotatable bonds is 2. The molecule has 2 aliphatic rings. The molecule has 4 heterocycles. The van der Waals surface area contributed by atoms with Crippen molar-refractivity contribution in [3.8, 4) is 0 Å². The fourth-order valence-corrected chi connectivity index (χ4v) is 5.30. The van der Waals surface area contributed by atoms with Crippen molar-refractivity contribution in [1.82, 2.24) is 19.1 Å². The first-order valence-electron chi connectivity index (χ1n) is 10.1. The van der Waals surface area contributed by atoms with Crippen LogP contribution >= 0.6 is 34.8 Å². The Balaban J connectivity index is 0.000000128. The standard InChI is InChI=1S/C11H10Cl2N2.C11H10ClFN2/c2*12-6-10-14-9-5-8(13)4-7-2-1-3-15(10)11(7)9/h2*4-5H,1-3,6H2. The molecule has 0 saturated heterocycles. The van der Waals surface area contributed by atoms with Crippen LogP contribution in [0, 0.1) is 5.82 Å². The number of imidazole rings is 2. The highest BCUT2D eigenvalue weighted by Gasteiger charge is 2.19. The summed E-state index contributed by atoms with van der Waals surface area (Å²) in [5.74, 6) is 2.44. The van der Waals surface area contributed by atoms with Gasteiger partial charge in [0.25, 0.3) is 0 Å². The minimum absolute atomic E-state index is 0.204. The zero-order valence-electron chi connectivity index (χ0n) is 16.3. The predicted octanol–water partition coefficient (Wildman–Crippen LogP) is 6.24. The second-order valence-electron chi connectivity index (χ2n) is 7.70. The smallest absolute Gasteiger partial charge is 0.125 e. The molecular formula is C22H20Cl3FN4. The number of hydrogen-bond donors (Lipinski definition) is 0. The van der Waals surface area contributed by atoms with Gasteiger partial charge in [-0.25, -0.2) is 14.4 Å². The fourth-order valence-electron chi connectivity index (χ4n) is 4.65. The molecule has 156 valence electrons. The predicted molar refractivity (Wildman–Crippen MR) is 120 cm³/mol. The van der Waals surface area contributed by atoms with Crippen LogP contribution in [0.3, 0.4) is 0 Å². The topological polar surface area (TPSA) is 35.6 Å². The van der Waals surface area contributed by atoms with E-state index < -0.39 is 0 Å². The summed E-state index contributed by atoms with van der Waals surface area (Å²) in [6, 6.07) is 7.05. The number of hydrogen-bond acceptors (Lipinski definition) is 2. The highest BCUT2D eigenvalue weighted by atomic mass is 35.5. The lowest BCUT2D eigenvalue weighted by atomic mass is 10.0. The summed E-state index contributed by atoms with van der Waals surface area (Å²) in [6.45, 7) is 1.96. The highest BCUT2D eigenvalue weighted by molar-refractivity contribution is 6.31. The summed E-state index contributed by atoms with van der Waals surface area (Å²) in [7, 11) is 0. The molecule has 0 spiro atoms. The molecule has 0 fully saturated rings. The molecule has 2 aromatic heterocycles. The normalized spacial score (nSPS) is 14.8. The third-order valence-corrected chi connectivity index (χ3v) is 6.52. The zero-order chi connectivity index (χ0) is 20.8. The van der Waals surface area contributed by atoms with Gasteiger partial charge in [0.2, 0.25) is 0 Å². The fraction of sp³-hybridized carbons (Fsp3) is 0.364. The molecular weight excluding hydrogens is 446 g/mol. The Morgan fingerprint density at radius 2 is 1.33 bits per heavy atom. The Morgan fingerprint density at radius 3 is 1.90 bits per heavy atom. The number of aryl methyl sites for hydroxylation is 4. The van der Waals surface area contributed by atoms with Crippen LogP contribution in [0.2, 0.25) is 5.02 Å². The van der Waals surface area contributed by atoms with Gasteiger partial charge in [0, 0.05) is 24.2 Å². The highest BCUT2D eigenvalue weighted by Crippen LogP contribution is 2.30. The van der Waals surface area contributed by atoms with Crippen molar-refractivity contribution in [3.05, 3.63) is 57.9 Å². The molecule has 0 saturated carbocycles. The number of alkyl halides is 2. The molecule has 30 heavy (non-hydrogen) atoms. The molecule has 0 amide bonds. The van der Waals surface area contributed by atoms with Gasteiger partial charge in [-0.15, -0.1) is 23.2 Å². The van der Waals surface area contributed by atoms with Crippen molar-refractivity contribution in [3.63, 3.8) is 0 Å². The van der Waals surface area contributed by atoms with Crippen LogP contribution in [0.4, 0.5) is 4.39 Å². The van der Waals surface area contributed by atoms with Crippen LogP contribution < -0.4 is 0 Å². The molecule has 0 radical (unpaired) electrons. The summed E-state index contributed by atoms with van der Waals surface area (Å²) in [5.41, 5.74) is 6.36. The molecule has 0 unspecified atom stereocenters. The summed E-state index contributed by atoms with van der Waals surface area (Å²) in [4.78, 5) is 8.86. The van der Waals surface area contributed by atoms with Crippen LogP contribution in [0.1, 0.15) is 35.6 Å². The van der Waals surface area contributed by atoms with E-state index in [1.54, 1.807) is 6.07 Å². The van der Waals surface area contributed by atoms with E-state index in [-0.39, 0.29) is 5.82 Å². The van der Waals surface area contributed by atoms with Crippen molar-refractivity contribution in [2.24, 2.45) is 0 Å². The minimum Gasteiger partial charge on any atom is -0.327 e. The van der Waals surface area contributed by atoms with Crippen LogP contribution in [0.25, 0.3) is 22.1 Å². The first-order chi connectivity index (χ1) is 14.6. The maximum Gasteiger partial charge on any atom is 0.125 e. The molecule has 0 N–H and O–H groups in total. The molecule has 2 aliphatic heterocycles. The van der Waals surface area contributed by atoms with E-state index in [2.05, 4.69) is 19.1 Å². The Hall–Kier alpha value is -1.82. The summed E-state index contributed by atoms with van der Waals surface area (Å²) in [5, 5.41) is 0.769. The van der Waals surface area contributed by atoms with Crippen molar-refractivity contribution >= 4 is 56.9 Å². The van der Waals surface area contributed by atoms with Crippen molar-refractivity contribution in [2.75, 3.05) is 0 Å². The molecule has 4 nitrogen and oxygen atoms in total. The number of benzene rings is 2. The first kappa shape index (κ1) is 20.1.